The molecule has 0 spiro atoms. The molecule has 0 saturated carbocycles. The predicted molar refractivity (Wildman–Crippen MR) is 121 cm³/mol. The van der Waals surface area contributed by atoms with Gasteiger partial charge in [-0.25, -0.2) is 9.89 Å². The molecule has 2 aromatic rings. The number of carbonyl (C=O) groups excluding carboxylic acids is 1. The second-order valence-electron chi connectivity index (χ2n) is 7.78. The topological polar surface area (TPSA) is 102 Å². The van der Waals surface area contributed by atoms with E-state index in [1.54, 1.807) is 11.9 Å². The summed E-state index contributed by atoms with van der Waals surface area (Å²) >= 11 is 1.63. The van der Waals surface area contributed by atoms with Crippen LogP contribution in [0.5, 0.6) is 0 Å². The van der Waals surface area contributed by atoms with Crippen LogP contribution in [0.3, 0.4) is 0 Å². The summed E-state index contributed by atoms with van der Waals surface area (Å²) in [5.41, 5.74) is 1.83. The Morgan fingerprint density at radius 1 is 1.32 bits per heavy atom. The van der Waals surface area contributed by atoms with Gasteiger partial charge in [0.15, 0.2) is 5.82 Å². The summed E-state index contributed by atoms with van der Waals surface area (Å²) in [5, 5.41) is 16.9. The summed E-state index contributed by atoms with van der Waals surface area (Å²) < 4.78 is 2.15. The van der Waals surface area contributed by atoms with Crippen molar-refractivity contribution in [3.05, 3.63) is 60.4 Å². The van der Waals surface area contributed by atoms with Crippen LogP contribution >= 0.6 is 11.9 Å². The molecule has 5 rings (SSSR count). The Kier molecular flexibility index (Phi) is 5.49. The molecule has 1 amide bonds. The van der Waals surface area contributed by atoms with Gasteiger partial charge in [-0.05, 0) is 56.1 Å². The minimum atomic E-state index is 0.0583. The molecule has 1 saturated heterocycles. The Morgan fingerprint density at radius 3 is 2.94 bits per heavy atom. The van der Waals surface area contributed by atoms with Crippen LogP contribution in [0, 0.1) is 12.8 Å². The zero-order valence-electron chi connectivity index (χ0n) is 17.2. The molecule has 3 aliphatic heterocycles. The number of anilines is 2. The van der Waals surface area contributed by atoms with Crippen LogP contribution in [-0.4, -0.2) is 45.9 Å². The number of H-pyrrole nitrogens is 1. The number of aromatic nitrogens is 2. The lowest BCUT2D eigenvalue weighted by Crippen LogP contribution is -3.10. The fourth-order valence-corrected chi connectivity index (χ4v) is 4.65. The monoisotopic (exact) mass is 437 g/mol. The van der Waals surface area contributed by atoms with Crippen LogP contribution in [0.4, 0.5) is 11.5 Å². The molecule has 10 heteroatoms. The second-order valence-corrected chi connectivity index (χ2v) is 8.90. The number of aliphatic imine (C=N–C) groups is 1. The molecule has 31 heavy (non-hydrogen) atoms. The van der Waals surface area contributed by atoms with Crippen LogP contribution in [0.15, 0.2) is 64.6 Å². The number of quaternary nitrogens is 1. The maximum atomic E-state index is 12.3. The third-order valence-corrected chi connectivity index (χ3v) is 6.35. The maximum absolute atomic E-state index is 12.3. The summed E-state index contributed by atoms with van der Waals surface area (Å²) in [6.07, 6.45) is 6.84. The van der Waals surface area contributed by atoms with Crippen molar-refractivity contribution >= 4 is 35.2 Å². The highest BCUT2D eigenvalue weighted by Crippen LogP contribution is 2.26. The number of carbonyl (C=O) groups is 1. The van der Waals surface area contributed by atoms with Gasteiger partial charge >= 0.3 is 0 Å². The molecule has 4 heterocycles. The highest BCUT2D eigenvalue weighted by molar-refractivity contribution is 7.97. The van der Waals surface area contributed by atoms with Gasteiger partial charge in [0.2, 0.25) is 17.6 Å². The van der Waals surface area contributed by atoms with Crippen LogP contribution in [0.25, 0.3) is 0 Å². The van der Waals surface area contributed by atoms with Crippen molar-refractivity contribution in [3.8, 4) is 0 Å². The van der Waals surface area contributed by atoms with E-state index < -0.39 is 0 Å². The van der Waals surface area contributed by atoms with Crippen molar-refractivity contribution in [2.24, 2.45) is 10.9 Å². The number of hydrogen-bond donors (Lipinski definition) is 5. The number of aromatic amines is 1. The Labute approximate surface area is 184 Å². The van der Waals surface area contributed by atoms with Crippen LogP contribution in [0.2, 0.25) is 0 Å². The first kappa shape index (κ1) is 19.9. The lowest BCUT2D eigenvalue weighted by molar-refractivity contribution is -0.699. The number of benzene rings is 1. The van der Waals surface area contributed by atoms with Gasteiger partial charge in [0, 0.05) is 28.9 Å². The van der Waals surface area contributed by atoms with Gasteiger partial charge < -0.3 is 10.6 Å². The highest BCUT2D eigenvalue weighted by Gasteiger charge is 2.32. The summed E-state index contributed by atoms with van der Waals surface area (Å²) in [6.45, 7) is 4.35. The largest absolute Gasteiger partial charge is 0.326 e. The average molecular weight is 438 g/mol. The molecule has 5 N–H and O–H groups in total. The molecule has 9 nitrogen and oxygen atoms in total. The van der Waals surface area contributed by atoms with Gasteiger partial charge in [-0.2, -0.15) is 5.10 Å². The van der Waals surface area contributed by atoms with Crippen molar-refractivity contribution in [1.29, 1.82) is 0 Å². The standard InChI is InChI=1S/C21H24N8OS/c1-14-10-18(27-26-14)25-20-13-28(12-19-23-8-9-29(19)20)31-17-4-2-16(3-5-17)24-21(30)15-6-7-22-11-15/h2-5,8-10,13,15,22H,6-7,11-12H2,1H3,(H,24,30)(H2,25,26,27)/p+1. The molecule has 0 aliphatic carbocycles. The van der Waals surface area contributed by atoms with E-state index in [2.05, 4.69) is 41.6 Å². The highest BCUT2D eigenvalue weighted by atomic mass is 32.2. The zero-order valence-corrected chi connectivity index (χ0v) is 18.0. The van der Waals surface area contributed by atoms with Crippen molar-refractivity contribution in [2.45, 2.75) is 18.2 Å². The molecule has 1 fully saturated rings. The van der Waals surface area contributed by atoms with Crippen molar-refractivity contribution < 1.29 is 9.69 Å². The summed E-state index contributed by atoms with van der Waals surface area (Å²) in [4.78, 5) is 19.0. The van der Waals surface area contributed by atoms with E-state index in [-0.39, 0.29) is 11.8 Å². The van der Waals surface area contributed by atoms with Gasteiger partial charge in [0.1, 0.15) is 12.7 Å². The lowest BCUT2D eigenvalue weighted by Gasteiger charge is -2.27. The number of fused-ring (bicyclic) bond motifs is 1. The second kappa shape index (κ2) is 8.58. The fraction of sp³-hybridized carbons (Fsp3) is 0.286. The molecule has 1 aromatic carbocycles. The first-order chi connectivity index (χ1) is 15.1. The van der Waals surface area contributed by atoms with Crippen molar-refractivity contribution in [2.75, 3.05) is 30.3 Å². The Hall–Kier alpha value is -3.08. The maximum Gasteiger partial charge on any atom is 0.233 e. The van der Waals surface area contributed by atoms with Gasteiger partial charge in [0.25, 0.3) is 0 Å². The summed E-state index contributed by atoms with van der Waals surface area (Å²) in [5.74, 6) is 2.91. The smallest absolute Gasteiger partial charge is 0.233 e. The van der Waals surface area contributed by atoms with Gasteiger partial charge in [-0.3, -0.25) is 19.5 Å². The molecule has 0 bridgehead atoms. The average Bonchev–Trinajstić information content (AvgIpc) is 3.51. The first-order valence-corrected chi connectivity index (χ1v) is 11.1. The SMILES string of the molecule is Cc1cc(NC2=CN(Sc3ccc(NC(=O)C4CCNC4)cc3)CC3=NC=C[NH+]23)n[nH]1. The van der Waals surface area contributed by atoms with E-state index in [1.807, 2.05) is 49.7 Å². The Bertz CT molecular complexity index is 1050. The molecule has 160 valence electrons. The number of nitrogens with zero attached hydrogens (tertiary/aromatic N) is 3. The van der Waals surface area contributed by atoms with E-state index >= 15 is 0 Å². The first-order valence-electron chi connectivity index (χ1n) is 10.3. The van der Waals surface area contributed by atoms with E-state index in [0.717, 1.165) is 58.2 Å². The number of hydrogen-bond acceptors (Lipinski definition) is 7. The van der Waals surface area contributed by atoms with E-state index in [0.29, 0.717) is 6.54 Å². The van der Waals surface area contributed by atoms with Crippen LogP contribution < -0.4 is 20.9 Å². The number of rotatable bonds is 6. The predicted octanol–water partition coefficient (Wildman–Crippen LogP) is 1.27. The number of amidine groups is 1. The minimum Gasteiger partial charge on any atom is -0.326 e. The molecule has 0 radical (unpaired) electrons. The molecular weight excluding hydrogens is 412 g/mol. The normalized spacial score (nSPS) is 22.2. The van der Waals surface area contributed by atoms with Crippen LogP contribution in [0.1, 0.15) is 12.1 Å². The quantitative estimate of drug-likeness (QED) is 0.436. The van der Waals surface area contributed by atoms with Gasteiger partial charge in [-0.1, -0.05) is 0 Å². The van der Waals surface area contributed by atoms with Crippen LogP contribution in [-0.2, 0) is 4.79 Å². The van der Waals surface area contributed by atoms with E-state index in [1.165, 1.54) is 0 Å². The Morgan fingerprint density at radius 2 is 2.19 bits per heavy atom. The third-order valence-electron chi connectivity index (χ3n) is 5.40. The number of amides is 1. The summed E-state index contributed by atoms with van der Waals surface area (Å²) in [6, 6.07) is 9.93. The van der Waals surface area contributed by atoms with Gasteiger partial charge in [0.05, 0.1) is 18.3 Å². The minimum absolute atomic E-state index is 0.0583. The van der Waals surface area contributed by atoms with Crippen molar-refractivity contribution in [1.82, 2.24) is 19.8 Å². The molecule has 2 atom stereocenters. The van der Waals surface area contributed by atoms with Gasteiger partial charge in [-0.15, -0.1) is 0 Å². The number of aryl methyl sites for hydroxylation is 1. The lowest BCUT2D eigenvalue weighted by atomic mass is 10.1. The fourth-order valence-electron chi connectivity index (χ4n) is 3.78. The van der Waals surface area contributed by atoms with E-state index in [9.17, 15) is 4.79 Å². The Balaban J connectivity index is 1.26. The molecule has 3 aliphatic rings. The number of nitrogens with one attached hydrogen (secondary N) is 5. The third kappa shape index (κ3) is 4.50. The van der Waals surface area contributed by atoms with E-state index in [4.69, 9.17) is 0 Å². The molecule has 1 aromatic heterocycles. The molecule has 2 unspecified atom stereocenters. The van der Waals surface area contributed by atoms with Crippen molar-refractivity contribution in [3.63, 3.8) is 0 Å². The molecular formula is C21H25N8OS+. The summed E-state index contributed by atoms with van der Waals surface area (Å²) in [7, 11) is 0. The zero-order chi connectivity index (χ0) is 21.2.